The minimum absolute atomic E-state index is 0.388. The lowest BCUT2D eigenvalue weighted by Gasteiger charge is -2.22. The largest absolute Gasteiger partial charge is 0.497 e. The number of nitrogens with zero attached hydrogens (tertiary/aromatic N) is 1. The number of para-hydroxylation sites is 1. The van der Waals surface area contributed by atoms with E-state index in [1.807, 2.05) is 30.3 Å². The van der Waals surface area contributed by atoms with E-state index in [0.717, 1.165) is 15.9 Å². The lowest BCUT2D eigenvalue weighted by atomic mass is 9.92. The Labute approximate surface area is 179 Å². The van der Waals surface area contributed by atoms with Gasteiger partial charge >= 0.3 is 6.03 Å². The van der Waals surface area contributed by atoms with Crippen molar-refractivity contribution in [2.24, 2.45) is 0 Å². The number of fused-ring (bicyclic) bond motifs is 1. The second kappa shape index (κ2) is 7.79. The van der Waals surface area contributed by atoms with Gasteiger partial charge in [0.05, 0.1) is 13.2 Å². The Morgan fingerprint density at radius 3 is 2.58 bits per heavy atom. The molecule has 1 aliphatic rings. The number of methoxy groups -OCH3 is 1. The molecule has 0 bridgehead atoms. The highest BCUT2D eigenvalue weighted by Crippen LogP contribution is 2.30. The van der Waals surface area contributed by atoms with Crippen molar-refractivity contribution in [1.29, 1.82) is 0 Å². The van der Waals surface area contributed by atoms with Gasteiger partial charge in [-0.1, -0.05) is 30.3 Å². The molecule has 0 aliphatic carbocycles. The van der Waals surface area contributed by atoms with Crippen LogP contribution in [-0.2, 0) is 15.1 Å². The first-order chi connectivity index (χ1) is 14.8. The third-order valence-electron chi connectivity index (χ3n) is 5.49. The Balaban J connectivity index is 1.45. The third kappa shape index (κ3) is 3.72. The van der Waals surface area contributed by atoms with Crippen LogP contribution in [0.2, 0.25) is 0 Å². The second-order valence-corrected chi connectivity index (χ2v) is 7.65. The van der Waals surface area contributed by atoms with Crippen LogP contribution >= 0.6 is 0 Å². The van der Waals surface area contributed by atoms with Crippen molar-refractivity contribution in [2.45, 2.75) is 25.4 Å². The summed E-state index contributed by atoms with van der Waals surface area (Å²) in [6.45, 7) is 3.01. The van der Waals surface area contributed by atoms with Crippen molar-refractivity contribution >= 4 is 28.8 Å². The Morgan fingerprint density at radius 1 is 1.19 bits per heavy atom. The zero-order chi connectivity index (χ0) is 22.2. The maximum Gasteiger partial charge on any atom is 0.325 e. The van der Waals surface area contributed by atoms with Gasteiger partial charge in [-0.3, -0.25) is 14.5 Å². The van der Waals surface area contributed by atoms with Gasteiger partial charge in [-0.25, -0.2) is 4.79 Å². The van der Waals surface area contributed by atoms with Gasteiger partial charge < -0.3 is 19.8 Å². The molecule has 2 aromatic carbocycles. The SMILES string of the molecule is COc1ccc([C@]2(C)NC(=O)N(CC(=O)N[C@@H](C)c3cc4ccccc4o3)C2=O)cc1. The predicted octanol–water partition coefficient (Wildman–Crippen LogP) is 3.09. The summed E-state index contributed by atoms with van der Waals surface area (Å²) in [5, 5.41) is 6.41. The highest BCUT2D eigenvalue weighted by atomic mass is 16.5. The first kappa shape index (κ1) is 20.5. The molecule has 31 heavy (non-hydrogen) atoms. The first-order valence-corrected chi connectivity index (χ1v) is 9.88. The number of urea groups is 1. The standard InChI is InChI=1S/C23H23N3O5/c1-14(19-12-15-6-4-5-7-18(15)31-19)24-20(27)13-26-21(28)23(2,25-22(26)29)16-8-10-17(30-3)11-9-16/h4-12,14H,13H2,1-3H3,(H,24,27)(H,25,29)/t14-,23-/m0/s1. The highest BCUT2D eigenvalue weighted by molar-refractivity contribution is 6.09. The Hall–Kier alpha value is -3.81. The number of amides is 4. The van der Waals surface area contributed by atoms with E-state index in [1.54, 1.807) is 45.2 Å². The van der Waals surface area contributed by atoms with Gasteiger partial charge in [0.2, 0.25) is 5.91 Å². The number of benzene rings is 2. The molecule has 160 valence electrons. The summed E-state index contributed by atoms with van der Waals surface area (Å²) in [6, 6.07) is 15.2. The normalized spacial score (nSPS) is 19.4. The quantitative estimate of drug-likeness (QED) is 0.596. The summed E-state index contributed by atoms with van der Waals surface area (Å²) < 4.78 is 10.9. The molecule has 2 N–H and O–H groups in total. The highest BCUT2D eigenvalue weighted by Gasteiger charge is 2.49. The van der Waals surface area contributed by atoms with Crippen molar-refractivity contribution in [3.05, 3.63) is 65.9 Å². The molecule has 1 aliphatic heterocycles. The van der Waals surface area contributed by atoms with Crippen LogP contribution in [0.1, 0.15) is 31.2 Å². The summed E-state index contributed by atoms with van der Waals surface area (Å²) in [5.74, 6) is 0.277. The van der Waals surface area contributed by atoms with E-state index in [-0.39, 0.29) is 6.54 Å². The van der Waals surface area contributed by atoms with E-state index in [9.17, 15) is 14.4 Å². The number of rotatable bonds is 6. The van der Waals surface area contributed by atoms with Crippen molar-refractivity contribution in [2.75, 3.05) is 13.7 Å². The average molecular weight is 421 g/mol. The third-order valence-corrected chi connectivity index (χ3v) is 5.49. The van der Waals surface area contributed by atoms with Gasteiger partial charge in [0.1, 0.15) is 29.2 Å². The summed E-state index contributed by atoms with van der Waals surface area (Å²) >= 11 is 0. The topological polar surface area (TPSA) is 101 Å². The van der Waals surface area contributed by atoms with Crippen molar-refractivity contribution < 1.29 is 23.5 Å². The molecule has 8 nitrogen and oxygen atoms in total. The Kier molecular flexibility index (Phi) is 5.14. The van der Waals surface area contributed by atoms with Gasteiger partial charge in [0.25, 0.3) is 5.91 Å². The lowest BCUT2D eigenvalue weighted by molar-refractivity contribution is -0.135. The molecule has 8 heteroatoms. The number of carbonyl (C=O) groups excluding carboxylic acids is 3. The fraction of sp³-hybridized carbons (Fsp3) is 0.261. The number of nitrogens with one attached hydrogen (secondary N) is 2. The number of hydrogen-bond donors (Lipinski definition) is 2. The van der Waals surface area contributed by atoms with Crippen LogP contribution in [0.5, 0.6) is 5.75 Å². The second-order valence-electron chi connectivity index (χ2n) is 7.65. The van der Waals surface area contributed by atoms with E-state index in [2.05, 4.69) is 10.6 Å². The maximum absolute atomic E-state index is 13.0. The molecule has 0 unspecified atom stereocenters. The zero-order valence-corrected chi connectivity index (χ0v) is 17.5. The average Bonchev–Trinajstić information content (AvgIpc) is 3.29. The summed E-state index contributed by atoms with van der Waals surface area (Å²) in [4.78, 5) is 39.0. The molecule has 1 saturated heterocycles. The van der Waals surface area contributed by atoms with Crippen LogP contribution < -0.4 is 15.4 Å². The van der Waals surface area contributed by atoms with Crippen LogP contribution in [0.25, 0.3) is 11.0 Å². The molecular formula is C23H23N3O5. The van der Waals surface area contributed by atoms with Gasteiger partial charge in [-0.2, -0.15) is 0 Å². The molecular weight excluding hydrogens is 398 g/mol. The zero-order valence-electron chi connectivity index (χ0n) is 17.5. The minimum Gasteiger partial charge on any atom is -0.497 e. The molecule has 2 atom stereocenters. The number of ether oxygens (including phenoxy) is 1. The monoisotopic (exact) mass is 421 g/mol. The summed E-state index contributed by atoms with van der Waals surface area (Å²) in [6.07, 6.45) is 0. The fourth-order valence-corrected chi connectivity index (χ4v) is 3.68. The number of furan rings is 1. The van der Waals surface area contributed by atoms with Crippen LogP contribution in [-0.4, -0.2) is 36.4 Å². The molecule has 3 aromatic rings. The Morgan fingerprint density at radius 2 is 1.90 bits per heavy atom. The molecule has 4 amide bonds. The van der Waals surface area contributed by atoms with Crippen molar-refractivity contribution in [3.8, 4) is 5.75 Å². The molecule has 1 fully saturated rings. The first-order valence-electron chi connectivity index (χ1n) is 9.88. The fourth-order valence-electron chi connectivity index (χ4n) is 3.68. The summed E-state index contributed by atoms with van der Waals surface area (Å²) in [5.41, 5.74) is 0.0710. The van der Waals surface area contributed by atoms with Gasteiger partial charge in [-0.05, 0) is 43.7 Å². The van der Waals surface area contributed by atoms with E-state index in [1.165, 1.54) is 0 Å². The molecule has 0 spiro atoms. The molecule has 0 radical (unpaired) electrons. The van der Waals surface area contributed by atoms with Crippen LogP contribution in [0.15, 0.2) is 59.0 Å². The minimum atomic E-state index is -1.26. The van der Waals surface area contributed by atoms with E-state index >= 15 is 0 Å². The summed E-state index contributed by atoms with van der Waals surface area (Å²) in [7, 11) is 1.55. The van der Waals surface area contributed by atoms with Crippen LogP contribution in [0.4, 0.5) is 4.79 Å². The van der Waals surface area contributed by atoms with Gasteiger partial charge in [0, 0.05) is 5.39 Å². The van der Waals surface area contributed by atoms with Crippen LogP contribution in [0.3, 0.4) is 0 Å². The number of carbonyl (C=O) groups is 3. The van der Waals surface area contributed by atoms with E-state index in [4.69, 9.17) is 9.15 Å². The predicted molar refractivity (Wildman–Crippen MR) is 113 cm³/mol. The molecule has 0 saturated carbocycles. The molecule has 2 heterocycles. The molecule has 1 aromatic heterocycles. The van der Waals surface area contributed by atoms with Gasteiger partial charge in [0.15, 0.2) is 0 Å². The van der Waals surface area contributed by atoms with Crippen molar-refractivity contribution in [3.63, 3.8) is 0 Å². The number of hydrogen-bond acceptors (Lipinski definition) is 5. The Bertz CT molecular complexity index is 1120. The maximum atomic E-state index is 13.0. The lowest BCUT2D eigenvalue weighted by Crippen LogP contribution is -2.43. The number of imide groups is 1. The van der Waals surface area contributed by atoms with E-state index in [0.29, 0.717) is 17.1 Å². The molecule has 4 rings (SSSR count). The van der Waals surface area contributed by atoms with Crippen molar-refractivity contribution in [1.82, 2.24) is 15.5 Å². The van der Waals surface area contributed by atoms with E-state index < -0.39 is 29.4 Å². The smallest absolute Gasteiger partial charge is 0.325 e. The van der Waals surface area contributed by atoms with Crippen LogP contribution in [0, 0.1) is 0 Å². The van der Waals surface area contributed by atoms with Gasteiger partial charge in [-0.15, -0.1) is 0 Å².